The zero-order chi connectivity index (χ0) is 16.6. The molecule has 21 heavy (non-hydrogen) atoms. The van der Waals surface area contributed by atoms with Crippen molar-refractivity contribution in [2.75, 3.05) is 5.32 Å². The first-order valence-electron chi connectivity index (χ1n) is 6.05. The molecule has 0 aromatic heterocycles. The summed E-state index contributed by atoms with van der Waals surface area (Å²) in [6.07, 6.45) is 0. The van der Waals surface area contributed by atoms with Crippen molar-refractivity contribution >= 4 is 17.3 Å². The summed E-state index contributed by atoms with van der Waals surface area (Å²) >= 11 is 0. The smallest absolute Gasteiger partial charge is 0.327 e. The number of halogens is 2. The number of nitro groups is 1. The number of nitrogens with zero attached hydrogens (tertiary/aromatic N) is 1. The summed E-state index contributed by atoms with van der Waals surface area (Å²) < 4.78 is 26.8. The lowest BCUT2D eigenvalue weighted by Gasteiger charge is -2.39. The van der Waals surface area contributed by atoms with Gasteiger partial charge in [0, 0.05) is 17.7 Å². The van der Waals surface area contributed by atoms with Crippen molar-refractivity contribution in [1.82, 2.24) is 0 Å². The fourth-order valence-electron chi connectivity index (χ4n) is 1.61. The van der Waals surface area contributed by atoms with Crippen molar-refractivity contribution in [3.05, 3.63) is 33.9 Å². The van der Waals surface area contributed by atoms with E-state index in [0.29, 0.717) is 6.07 Å². The highest BCUT2D eigenvalue weighted by Crippen LogP contribution is 2.37. The lowest BCUT2D eigenvalue weighted by atomic mass is 9.74. The Morgan fingerprint density at radius 2 is 1.81 bits per heavy atom. The van der Waals surface area contributed by atoms with Crippen LogP contribution in [0.3, 0.4) is 0 Å². The van der Waals surface area contributed by atoms with E-state index in [-0.39, 0.29) is 0 Å². The SMILES string of the molecule is CC(C)(Nc1cc(F)cc(F)c1[N+](=O)[O-])C(C)(C)C(=O)O. The van der Waals surface area contributed by atoms with Gasteiger partial charge in [-0.1, -0.05) is 0 Å². The number of hydrogen-bond donors (Lipinski definition) is 2. The minimum atomic E-state index is -1.34. The summed E-state index contributed by atoms with van der Waals surface area (Å²) in [6.45, 7) is 5.77. The molecular weight excluding hydrogens is 286 g/mol. The Morgan fingerprint density at radius 1 is 1.29 bits per heavy atom. The van der Waals surface area contributed by atoms with Gasteiger partial charge in [-0.3, -0.25) is 14.9 Å². The van der Waals surface area contributed by atoms with Gasteiger partial charge in [0.2, 0.25) is 5.82 Å². The first kappa shape index (κ1) is 16.8. The molecule has 1 rings (SSSR count). The molecule has 6 nitrogen and oxygen atoms in total. The van der Waals surface area contributed by atoms with Gasteiger partial charge in [-0.15, -0.1) is 0 Å². The van der Waals surface area contributed by atoms with E-state index in [4.69, 9.17) is 0 Å². The second-order valence-corrected chi connectivity index (χ2v) is 5.72. The molecule has 0 aliphatic carbocycles. The molecule has 116 valence electrons. The third-order valence-corrected chi connectivity index (χ3v) is 3.76. The first-order valence-corrected chi connectivity index (χ1v) is 6.05. The van der Waals surface area contributed by atoms with Gasteiger partial charge in [0.1, 0.15) is 11.5 Å². The van der Waals surface area contributed by atoms with E-state index in [0.717, 1.165) is 6.07 Å². The van der Waals surface area contributed by atoms with Crippen LogP contribution in [0, 0.1) is 27.2 Å². The average Bonchev–Trinajstić information content (AvgIpc) is 2.25. The number of carbonyl (C=O) groups is 1. The van der Waals surface area contributed by atoms with Crippen molar-refractivity contribution in [2.24, 2.45) is 5.41 Å². The van der Waals surface area contributed by atoms with E-state index in [1.54, 1.807) is 0 Å². The van der Waals surface area contributed by atoms with E-state index in [1.165, 1.54) is 27.7 Å². The molecule has 0 atom stereocenters. The molecule has 0 heterocycles. The zero-order valence-electron chi connectivity index (χ0n) is 12.0. The maximum atomic E-state index is 13.6. The topological polar surface area (TPSA) is 92.5 Å². The van der Waals surface area contributed by atoms with E-state index in [9.17, 15) is 28.8 Å². The van der Waals surface area contributed by atoms with Crippen LogP contribution in [0.25, 0.3) is 0 Å². The second kappa shape index (κ2) is 5.27. The summed E-state index contributed by atoms with van der Waals surface area (Å²) in [5.74, 6) is -3.48. The van der Waals surface area contributed by atoms with Gasteiger partial charge in [0.05, 0.1) is 10.3 Å². The van der Waals surface area contributed by atoms with Gasteiger partial charge in [-0.2, -0.15) is 4.39 Å². The maximum Gasteiger partial charge on any atom is 0.327 e. The number of hydrogen-bond acceptors (Lipinski definition) is 4. The number of anilines is 1. The number of rotatable bonds is 5. The average molecular weight is 302 g/mol. The fourth-order valence-corrected chi connectivity index (χ4v) is 1.61. The molecule has 0 aliphatic rings. The minimum Gasteiger partial charge on any atom is -0.481 e. The Hall–Kier alpha value is -2.25. The molecule has 0 unspecified atom stereocenters. The molecular formula is C13H16F2N2O4. The van der Waals surface area contributed by atoms with Crippen molar-refractivity contribution in [3.8, 4) is 0 Å². The number of carboxylic acid groups (broad SMARTS) is 1. The van der Waals surface area contributed by atoms with Gasteiger partial charge < -0.3 is 10.4 Å². The molecule has 0 saturated carbocycles. The van der Waals surface area contributed by atoms with E-state index in [2.05, 4.69) is 5.32 Å². The van der Waals surface area contributed by atoms with Crippen LogP contribution in [-0.2, 0) is 4.79 Å². The Morgan fingerprint density at radius 3 is 2.24 bits per heavy atom. The highest BCUT2D eigenvalue weighted by atomic mass is 19.1. The quantitative estimate of drug-likeness (QED) is 0.643. The highest BCUT2D eigenvalue weighted by molar-refractivity contribution is 5.77. The standard InChI is InChI=1S/C13H16F2N2O4/c1-12(2,11(18)19)13(3,4)16-9-6-7(14)5-8(15)10(9)17(20)21/h5-6,16H,1-4H3,(H,18,19). The van der Waals surface area contributed by atoms with Crippen molar-refractivity contribution in [1.29, 1.82) is 0 Å². The number of aliphatic carboxylic acids is 1. The van der Waals surface area contributed by atoms with Gasteiger partial charge in [-0.25, -0.2) is 4.39 Å². The van der Waals surface area contributed by atoms with Gasteiger partial charge >= 0.3 is 11.7 Å². The molecule has 0 amide bonds. The molecule has 1 aromatic rings. The number of nitrogens with one attached hydrogen (secondary N) is 1. The predicted molar refractivity (Wildman–Crippen MR) is 72.1 cm³/mol. The van der Waals surface area contributed by atoms with Crippen LogP contribution in [0.2, 0.25) is 0 Å². The van der Waals surface area contributed by atoms with E-state index < -0.39 is 44.9 Å². The van der Waals surface area contributed by atoms with Crippen LogP contribution >= 0.6 is 0 Å². The Kier molecular flexibility index (Phi) is 4.21. The number of nitro benzene ring substituents is 1. The van der Waals surface area contributed by atoms with Crippen LogP contribution < -0.4 is 5.32 Å². The highest BCUT2D eigenvalue weighted by Gasteiger charge is 2.44. The number of carboxylic acids is 1. The summed E-state index contributed by atoms with van der Waals surface area (Å²) in [6, 6.07) is 1.17. The molecule has 1 aromatic carbocycles. The normalized spacial score (nSPS) is 12.1. The van der Waals surface area contributed by atoms with Crippen molar-refractivity contribution in [3.63, 3.8) is 0 Å². The van der Waals surface area contributed by atoms with E-state index >= 15 is 0 Å². The molecule has 8 heteroatoms. The Bertz CT molecular complexity index is 600. The first-order chi connectivity index (χ1) is 9.40. The van der Waals surface area contributed by atoms with Crippen LogP contribution in [-0.4, -0.2) is 21.5 Å². The summed E-state index contributed by atoms with van der Waals surface area (Å²) in [4.78, 5) is 21.2. The molecule has 0 radical (unpaired) electrons. The van der Waals surface area contributed by atoms with Crippen molar-refractivity contribution in [2.45, 2.75) is 33.2 Å². The summed E-state index contributed by atoms with van der Waals surface area (Å²) in [5, 5.41) is 22.7. The monoisotopic (exact) mass is 302 g/mol. The van der Waals surface area contributed by atoms with Crippen LogP contribution in [0.15, 0.2) is 12.1 Å². The van der Waals surface area contributed by atoms with E-state index in [1.807, 2.05) is 0 Å². The predicted octanol–water partition coefficient (Wildman–Crippen LogP) is 3.17. The second-order valence-electron chi connectivity index (χ2n) is 5.72. The third kappa shape index (κ3) is 3.09. The van der Waals surface area contributed by atoms with Crippen molar-refractivity contribution < 1.29 is 23.6 Å². The maximum absolute atomic E-state index is 13.6. The molecule has 2 N–H and O–H groups in total. The summed E-state index contributed by atoms with van der Waals surface area (Å²) in [5.41, 5.74) is -3.88. The molecule has 0 fully saturated rings. The van der Waals surface area contributed by atoms with Crippen LogP contribution in [0.5, 0.6) is 0 Å². The lowest BCUT2D eigenvalue weighted by molar-refractivity contribution is -0.386. The molecule has 0 saturated heterocycles. The minimum absolute atomic E-state index is 0.401. The lowest BCUT2D eigenvalue weighted by Crippen LogP contribution is -2.50. The molecule has 0 bridgehead atoms. The van der Waals surface area contributed by atoms with Gasteiger partial charge in [0.25, 0.3) is 0 Å². The summed E-state index contributed by atoms with van der Waals surface area (Å²) in [7, 11) is 0. The zero-order valence-corrected chi connectivity index (χ0v) is 12.0. The molecule has 0 spiro atoms. The third-order valence-electron chi connectivity index (χ3n) is 3.76. The van der Waals surface area contributed by atoms with Gasteiger partial charge in [0.15, 0.2) is 0 Å². The van der Waals surface area contributed by atoms with Gasteiger partial charge in [-0.05, 0) is 27.7 Å². The van der Waals surface area contributed by atoms with Crippen LogP contribution in [0.4, 0.5) is 20.2 Å². The number of benzene rings is 1. The Labute approximate surface area is 119 Å². The molecule has 0 aliphatic heterocycles. The Balaban J connectivity index is 3.37. The largest absolute Gasteiger partial charge is 0.481 e. The fraction of sp³-hybridized carbons (Fsp3) is 0.462. The van der Waals surface area contributed by atoms with Crippen LogP contribution in [0.1, 0.15) is 27.7 Å².